The molecule has 2 amide bonds. The van der Waals surface area contributed by atoms with Crippen molar-refractivity contribution >= 4 is 29.1 Å². The first-order chi connectivity index (χ1) is 12.0. The summed E-state index contributed by atoms with van der Waals surface area (Å²) >= 11 is 5.84. The standard InChI is InChI=1S/C19H21ClN2O3/c1-3-25-18-7-5-4-6-17(18)22(14(2)23)13-19(24)21-12-15-8-10-16(20)11-9-15/h4-11H,3,12-13H2,1-2H3,(H,21,24). The Hall–Kier alpha value is -2.53. The number of hydrogen-bond acceptors (Lipinski definition) is 3. The molecular formula is C19H21ClN2O3. The molecule has 0 aliphatic carbocycles. The lowest BCUT2D eigenvalue weighted by molar-refractivity contribution is -0.123. The molecule has 0 heterocycles. The van der Waals surface area contributed by atoms with Gasteiger partial charge in [0.05, 0.1) is 12.3 Å². The van der Waals surface area contributed by atoms with Crippen LogP contribution in [-0.4, -0.2) is 25.0 Å². The summed E-state index contributed by atoms with van der Waals surface area (Å²) in [5, 5.41) is 3.45. The summed E-state index contributed by atoms with van der Waals surface area (Å²) in [4.78, 5) is 25.7. The second kappa shape index (κ2) is 9.08. The summed E-state index contributed by atoms with van der Waals surface area (Å²) in [6.07, 6.45) is 0. The van der Waals surface area contributed by atoms with Crippen LogP contribution in [0.4, 0.5) is 5.69 Å². The van der Waals surface area contributed by atoms with Gasteiger partial charge >= 0.3 is 0 Å². The van der Waals surface area contributed by atoms with Gasteiger partial charge in [-0.1, -0.05) is 35.9 Å². The summed E-state index contributed by atoms with van der Waals surface area (Å²) in [7, 11) is 0. The number of carbonyl (C=O) groups is 2. The molecule has 2 rings (SSSR count). The Morgan fingerprint density at radius 2 is 1.80 bits per heavy atom. The highest BCUT2D eigenvalue weighted by atomic mass is 35.5. The van der Waals surface area contributed by atoms with Crippen LogP contribution in [0.15, 0.2) is 48.5 Å². The average Bonchev–Trinajstić information content (AvgIpc) is 2.60. The SMILES string of the molecule is CCOc1ccccc1N(CC(=O)NCc1ccc(Cl)cc1)C(C)=O. The quantitative estimate of drug-likeness (QED) is 0.823. The van der Waals surface area contributed by atoms with E-state index in [1.807, 2.05) is 25.1 Å². The van der Waals surface area contributed by atoms with Crippen molar-refractivity contribution in [3.05, 3.63) is 59.1 Å². The lowest BCUT2D eigenvalue weighted by atomic mass is 10.2. The minimum absolute atomic E-state index is 0.0764. The molecule has 5 nitrogen and oxygen atoms in total. The molecule has 132 valence electrons. The van der Waals surface area contributed by atoms with Crippen LogP contribution in [0.2, 0.25) is 5.02 Å². The molecule has 0 aliphatic heterocycles. The largest absolute Gasteiger partial charge is 0.492 e. The number of nitrogens with one attached hydrogen (secondary N) is 1. The van der Waals surface area contributed by atoms with Crippen LogP contribution < -0.4 is 15.0 Å². The minimum atomic E-state index is -0.253. The van der Waals surface area contributed by atoms with Crippen molar-refractivity contribution in [2.75, 3.05) is 18.1 Å². The first kappa shape index (κ1) is 18.8. The molecule has 0 fully saturated rings. The van der Waals surface area contributed by atoms with Crippen LogP contribution in [0.3, 0.4) is 0 Å². The molecule has 1 N–H and O–H groups in total. The van der Waals surface area contributed by atoms with Crippen LogP contribution in [-0.2, 0) is 16.1 Å². The Morgan fingerprint density at radius 1 is 1.12 bits per heavy atom. The van der Waals surface area contributed by atoms with Gasteiger partial charge < -0.3 is 10.1 Å². The van der Waals surface area contributed by atoms with E-state index in [1.165, 1.54) is 11.8 Å². The molecule has 0 bridgehead atoms. The van der Waals surface area contributed by atoms with E-state index in [4.69, 9.17) is 16.3 Å². The average molecular weight is 361 g/mol. The predicted molar refractivity (Wildman–Crippen MR) is 98.9 cm³/mol. The Bertz CT molecular complexity index is 732. The van der Waals surface area contributed by atoms with Gasteiger partial charge in [0.15, 0.2) is 0 Å². The maximum absolute atomic E-state index is 12.3. The van der Waals surface area contributed by atoms with E-state index in [1.54, 1.807) is 30.3 Å². The number of ether oxygens (including phenoxy) is 1. The number of amides is 2. The summed E-state index contributed by atoms with van der Waals surface area (Å²) in [6.45, 7) is 4.07. The summed E-state index contributed by atoms with van der Waals surface area (Å²) < 4.78 is 5.55. The molecule has 0 atom stereocenters. The fourth-order valence-corrected chi connectivity index (χ4v) is 2.45. The first-order valence-electron chi connectivity index (χ1n) is 8.02. The van der Waals surface area contributed by atoms with E-state index in [0.717, 1.165) is 5.56 Å². The van der Waals surface area contributed by atoms with Crippen molar-refractivity contribution in [3.63, 3.8) is 0 Å². The van der Waals surface area contributed by atoms with Crippen LogP contribution in [0.1, 0.15) is 19.4 Å². The fraction of sp³-hybridized carbons (Fsp3) is 0.263. The molecule has 6 heteroatoms. The Kier molecular flexibility index (Phi) is 6.83. The van der Waals surface area contributed by atoms with Crippen LogP contribution in [0.5, 0.6) is 5.75 Å². The number of rotatable bonds is 7. The second-order valence-electron chi connectivity index (χ2n) is 5.41. The van der Waals surface area contributed by atoms with Crippen LogP contribution in [0.25, 0.3) is 0 Å². The number of carbonyl (C=O) groups excluding carboxylic acids is 2. The molecule has 0 aliphatic rings. The van der Waals surface area contributed by atoms with E-state index in [0.29, 0.717) is 29.6 Å². The summed E-state index contributed by atoms with van der Waals surface area (Å²) in [5.74, 6) is 0.0935. The van der Waals surface area contributed by atoms with Crippen molar-refractivity contribution in [1.82, 2.24) is 5.32 Å². The number of hydrogen-bond donors (Lipinski definition) is 1. The fourth-order valence-electron chi connectivity index (χ4n) is 2.33. The third kappa shape index (κ3) is 5.50. The Balaban J connectivity index is 2.05. The van der Waals surface area contributed by atoms with Gasteiger partial charge in [-0.3, -0.25) is 14.5 Å². The lowest BCUT2D eigenvalue weighted by Crippen LogP contribution is -2.39. The molecule has 0 saturated carbocycles. The Morgan fingerprint density at radius 3 is 2.44 bits per heavy atom. The molecule has 25 heavy (non-hydrogen) atoms. The van der Waals surface area contributed by atoms with Gasteiger partial charge in [-0.15, -0.1) is 0 Å². The number of para-hydroxylation sites is 2. The molecule has 0 radical (unpaired) electrons. The van der Waals surface area contributed by atoms with Gasteiger partial charge in [0.25, 0.3) is 0 Å². The number of anilines is 1. The number of benzene rings is 2. The highest BCUT2D eigenvalue weighted by molar-refractivity contribution is 6.30. The molecule has 0 aromatic heterocycles. The highest BCUT2D eigenvalue weighted by Gasteiger charge is 2.19. The first-order valence-corrected chi connectivity index (χ1v) is 8.40. The summed E-state index contributed by atoms with van der Waals surface area (Å²) in [6, 6.07) is 14.4. The maximum Gasteiger partial charge on any atom is 0.240 e. The van der Waals surface area contributed by atoms with Crippen LogP contribution >= 0.6 is 11.6 Å². The van der Waals surface area contributed by atoms with E-state index in [-0.39, 0.29) is 18.4 Å². The van der Waals surface area contributed by atoms with Gasteiger partial charge in [0.2, 0.25) is 11.8 Å². The number of nitrogens with zero attached hydrogens (tertiary/aromatic N) is 1. The van der Waals surface area contributed by atoms with Crippen LogP contribution in [0, 0.1) is 0 Å². The van der Waals surface area contributed by atoms with Crippen molar-refractivity contribution in [2.24, 2.45) is 0 Å². The third-order valence-corrected chi connectivity index (χ3v) is 3.79. The van der Waals surface area contributed by atoms with Crippen molar-refractivity contribution in [3.8, 4) is 5.75 Å². The van der Waals surface area contributed by atoms with Crippen molar-refractivity contribution in [1.29, 1.82) is 0 Å². The summed E-state index contributed by atoms with van der Waals surface area (Å²) in [5.41, 5.74) is 1.51. The smallest absolute Gasteiger partial charge is 0.240 e. The predicted octanol–water partition coefficient (Wildman–Crippen LogP) is 3.41. The lowest BCUT2D eigenvalue weighted by Gasteiger charge is -2.23. The molecule has 2 aromatic carbocycles. The molecule has 2 aromatic rings. The topological polar surface area (TPSA) is 58.6 Å². The molecule has 0 unspecified atom stereocenters. The zero-order valence-corrected chi connectivity index (χ0v) is 15.0. The number of halogens is 1. The van der Waals surface area contributed by atoms with Gasteiger partial charge in [-0.25, -0.2) is 0 Å². The zero-order valence-electron chi connectivity index (χ0n) is 14.3. The van der Waals surface area contributed by atoms with Gasteiger partial charge in [0.1, 0.15) is 12.3 Å². The van der Waals surface area contributed by atoms with Crippen molar-refractivity contribution in [2.45, 2.75) is 20.4 Å². The minimum Gasteiger partial charge on any atom is -0.492 e. The van der Waals surface area contributed by atoms with E-state index >= 15 is 0 Å². The van der Waals surface area contributed by atoms with Gasteiger partial charge in [-0.05, 0) is 36.8 Å². The molecular weight excluding hydrogens is 340 g/mol. The second-order valence-corrected chi connectivity index (χ2v) is 5.85. The van der Waals surface area contributed by atoms with Gasteiger partial charge in [0, 0.05) is 18.5 Å². The zero-order chi connectivity index (χ0) is 18.2. The maximum atomic E-state index is 12.3. The normalized spacial score (nSPS) is 10.2. The highest BCUT2D eigenvalue weighted by Crippen LogP contribution is 2.28. The van der Waals surface area contributed by atoms with Gasteiger partial charge in [-0.2, -0.15) is 0 Å². The third-order valence-electron chi connectivity index (χ3n) is 3.54. The Labute approximate surface area is 152 Å². The molecule has 0 spiro atoms. The van der Waals surface area contributed by atoms with E-state index in [2.05, 4.69) is 5.32 Å². The van der Waals surface area contributed by atoms with Crippen molar-refractivity contribution < 1.29 is 14.3 Å². The van der Waals surface area contributed by atoms with E-state index in [9.17, 15) is 9.59 Å². The molecule has 0 saturated heterocycles. The van der Waals surface area contributed by atoms with E-state index < -0.39 is 0 Å². The monoisotopic (exact) mass is 360 g/mol.